The van der Waals surface area contributed by atoms with Crippen LogP contribution >= 0.6 is 11.3 Å². The van der Waals surface area contributed by atoms with E-state index in [-0.39, 0.29) is 17.1 Å². The highest BCUT2D eigenvalue weighted by molar-refractivity contribution is 7.17. The lowest BCUT2D eigenvalue weighted by Gasteiger charge is -2.17. The van der Waals surface area contributed by atoms with Crippen molar-refractivity contribution in [2.45, 2.75) is 34.1 Å². The predicted octanol–water partition coefficient (Wildman–Crippen LogP) is 6.26. The highest BCUT2D eigenvalue weighted by Gasteiger charge is 2.19. The molecule has 6 aromatic heterocycles. The summed E-state index contributed by atoms with van der Waals surface area (Å²) in [5.74, 6) is 0.491. The molecule has 0 saturated heterocycles. The third-order valence-corrected chi connectivity index (χ3v) is 7.47. The number of thiophene rings is 1. The minimum absolute atomic E-state index is 0.0322. The number of rotatable bonds is 6. The van der Waals surface area contributed by atoms with Gasteiger partial charge < -0.3 is 10.3 Å². The molecule has 200 valence electrons. The molecule has 0 aliphatic rings. The van der Waals surface area contributed by atoms with E-state index >= 15 is 0 Å². The van der Waals surface area contributed by atoms with Gasteiger partial charge in [-0.2, -0.15) is 5.10 Å². The van der Waals surface area contributed by atoms with Crippen molar-refractivity contribution in [1.29, 1.82) is 0 Å². The van der Waals surface area contributed by atoms with Crippen molar-refractivity contribution in [3.8, 4) is 33.2 Å². The third-order valence-electron chi connectivity index (χ3n) is 6.25. The van der Waals surface area contributed by atoms with Gasteiger partial charge in [0.2, 0.25) is 5.91 Å². The normalized spacial score (nSPS) is 11.8. The number of H-pyrrole nitrogens is 2. The van der Waals surface area contributed by atoms with E-state index in [1.165, 1.54) is 11.3 Å². The van der Waals surface area contributed by atoms with E-state index in [1.54, 1.807) is 25.5 Å². The maximum atomic E-state index is 12.4. The van der Waals surface area contributed by atoms with Gasteiger partial charge in [0.05, 0.1) is 33.5 Å². The van der Waals surface area contributed by atoms with Gasteiger partial charge in [-0.3, -0.25) is 19.7 Å². The van der Waals surface area contributed by atoms with Gasteiger partial charge in [0.25, 0.3) is 0 Å². The lowest BCUT2D eigenvalue weighted by molar-refractivity contribution is -0.117. The van der Waals surface area contributed by atoms with E-state index in [1.807, 2.05) is 57.2 Å². The number of Topliss-reactive ketones (excluding diaryl/α,β-unsaturated/α-hetero) is 1. The van der Waals surface area contributed by atoms with E-state index in [2.05, 4.69) is 30.5 Å². The Morgan fingerprint density at radius 3 is 2.67 bits per heavy atom. The Bertz CT molecular complexity index is 1910. The second-order valence-electron chi connectivity index (χ2n) is 10.8. The maximum absolute atomic E-state index is 12.4. The van der Waals surface area contributed by atoms with Gasteiger partial charge in [-0.05, 0) is 48.7 Å². The number of anilines is 1. The highest BCUT2D eigenvalue weighted by atomic mass is 32.1. The average Bonchev–Trinajstić information content (AvgIpc) is 3.65. The van der Waals surface area contributed by atoms with E-state index in [9.17, 15) is 9.59 Å². The molecule has 0 atom stereocenters. The van der Waals surface area contributed by atoms with E-state index in [0.717, 1.165) is 27.0 Å². The first-order valence-corrected chi connectivity index (χ1v) is 13.5. The van der Waals surface area contributed by atoms with Crippen LogP contribution in [-0.4, -0.2) is 46.8 Å². The van der Waals surface area contributed by atoms with Crippen LogP contribution in [0.1, 0.15) is 43.8 Å². The molecule has 10 nitrogen and oxygen atoms in total. The second-order valence-corrected chi connectivity index (χ2v) is 11.9. The van der Waals surface area contributed by atoms with Crippen LogP contribution in [0.25, 0.3) is 55.4 Å². The minimum Gasteiger partial charge on any atom is -0.335 e. The number of amides is 1. The number of imidazole rings is 1. The topological polar surface area (TPSA) is 142 Å². The molecule has 0 saturated carbocycles. The number of aromatic nitrogens is 7. The van der Waals surface area contributed by atoms with Crippen molar-refractivity contribution >= 4 is 50.9 Å². The van der Waals surface area contributed by atoms with Crippen molar-refractivity contribution in [2.24, 2.45) is 5.41 Å². The smallest absolute Gasteiger partial charge is 0.224 e. The number of ketones is 1. The predicted molar refractivity (Wildman–Crippen MR) is 156 cm³/mol. The number of nitrogens with one attached hydrogen (secondary N) is 3. The van der Waals surface area contributed by atoms with Gasteiger partial charge in [0, 0.05) is 34.8 Å². The molecule has 0 radical (unpaired) electrons. The molecule has 40 heavy (non-hydrogen) atoms. The standard InChI is InChI=1S/C29H26N8O2S/c1-15(38)21-7-8-22(40-21)18-9-10-31-27-24(18)34-28(35-27)26-25-20(36-37-26)6-5-19(33-25)16-11-17(14-30-13-16)32-23(39)12-29(2,3)4/h5-11,13-14H,12H2,1-4H3,(H,32,39)(H,36,37)(H,31,34,35). The number of fused-ring (bicyclic) bond motifs is 2. The van der Waals surface area contributed by atoms with Crippen molar-refractivity contribution in [3.05, 3.63) is 59.9 Å². The number of pyridine rings is 3. The second kappa shape index (κ2) is 9.76. The Balaban J connectivity index is 1.36. The van der Waals surface area contributed by atoms with Crippen LogP contribution in [0.15, 0.2) is 55.0 Å². The lowest BCUT2D eigenvalue weighted by atomic mass is 9.92. The summed E-state index contributed by atoms with van der Waals surface area (Å²) in [5, 5.41) is 10.5. The molecule has 6 heterocycles. The van der Waals surface area contributed by atoms with Gasteiger partial charge in [-0.15, -0.1) is 11.3 Å². The zero-order valence-electron chi connectivity index (χ0n) is 22.4. The zero-order valence-corrected chi connectivity index (χ0v) is 23.2. The molecule has 0 aromatic carbocycles. The molecule has 0 aliphatic carbocycles. The summed E-state index contributed by atoms with van der Waals surface area (Å²) >= 11 is 1.43. The van der Waals surface area contributed by atoms with Crippen LogP contribution in [0, 0.1) is 5.41 Å². The fraction of sp³-hybridized carbons (Fsp3) is 0.207. The first kappa shape index (κ1) is 25.5. The molecule has 0 aliphatic heterocycles. The number of nitrogens with zero attached hydrogens (tertiary/aromatic N) is 5. The summed E-state index contributed by atoms with van der Waals surface area (Å²) in [4.78, 5) is 47.6. The van der Waals surface area contributed by atoms with Gasteiger partial charge in [0.15, 0.2) is 22.9 Å². The minimum atomic E-state index is -0.117. The molecular weight excluding hydrogens is 524 g/mol. The third kappa shape index (κ3) is 4.98. The quantitative estimate of drug-likeness (QED) is 0.208. The van der Waals surface area contributed by atoms with E-state index in [0.29, 0.717) is 45.4 Å². The monoisotopic (exact) mass is 550 g/mol. The van der Waals surface area contributed by atoms with Gasteiger partial charge in [-0.25, -0.2) is 15.0 Å². The van der Waals surface area contributed by atoms with Crippen LogP contribution in [0.4, 0.5) is 5.69 Å². The van der Waals surface area contributed by atoms with Gasteiger partial charge in [-0.1, -0.05) is 20.8 Å². The fourth-order valence-electron chi connectivity index (χ4n) is 4.46. The van der Waals surface area contributed by atoms with E-state index < -0.39 is 0 Å². The van der Waals surface area contributed by atoms with Crippen molar-refractivity contribution in [2.75, 3.05) is 5.32 Å². The Morgan fingerprint density at radius 2 is 1.90 bits per heavy atom. The lowest BCUT2D eigenvalue weighted by Crippen LogP contribution is -2.19. The SMILES string of the molecule is CC(=O)c1ccc(-c2ccnc3nc(-c4n[nH]c5ccc(-c6cncc(NC(=O)CC(C)(C)C)c6)nc45)[nH]c23)s1. The molecule has 0 unspecified atom stereocenters. The molecule has 0 spiro atoms. The molecule has 6 aromatic rings. The number of hydrogen-bond donors (Lipinski definition) is 3. The van der Waals surface area contributed by atoms with Crippen LogP contribution in [0.5, 0.6) is 0 Å². The number of carbonyl (C=O) groups excluding carboxylic acids is 2. The number of carbonyl (C=O) groups is 2. The van der Waals surface area contributed by atoms with Crippen LogP contribution < -0.4 is 5.32 Å². The number of hydrogen-bond acceptors (Lipinski definition) is 8. The zero-order chi connectivity index (χ0) is 28.0. The van der Waals surface area contributed by atoms with Gasteiger partial charge in [0.1, 0.15) is 5.52 Å². The Morgan fingerprint density at radius 1 is 1.05 bits per heavy atom. The molecule has 1 amide bonds. The Labute approximate surface area is 233 Å². The van der Waals surface area contributed by atoms with Crippen molar-refractivity contribution < 1.29 is 9.59 Å². The number of aromatic amines is 2. The van der Waals surface area contributed by atoms with Crippen LogP contribution in [0.3, 0.4) is 0 Å². The molecule has 11 heteroatoms. The summed E-state index contributed by atoms with van der Waals surface area (Å²) in [6, 6.07) is 11.3. The summed E-state index contributed by atoms with van der Waals surface area (Å²) in [7, 11) is 0. The van der Waals surface area contributed by atoms with Gasteiger partial charge >= 0.3 is 0 Å². The Kier molecular flexibility index (Phi) is 6.22. The van der Waals surface area contributed by atoms with Crippen molar-refractivity contribution in [1.82, 2.24) is 35.1 Å². The summed E-state index contributed by atoms with van der Waals surface area (Å²) < 4.78 is 0. The molecule has 0 fully saturated rings. The molecule has 6 rings (SSSR count). The van der Waals surface area contributed by atoms with Crippen molar-refractivity contribution in [3.63, 3.8) is 0 Å². The highest BCUT2D eigenvalue weighted by Crippen LogP contribution is 2.34. The summed E-state index contributed by atoms with van der Waals surface area (Å²) in [5.41, 5.74) is 6.08. The molecule has 3 N–H and O–H groups in total. The van der Waals surface area contributed by atoms with Crippen LogP contribution in [0.2, 0.25) is 0 Å². The maximum Gasteiger partial charge on any atom is 0.224 e. The van der Waals surface area contributed by atoms with Crippen LogP contribution in [-0.2, 0) is 4.79 Å². The summed E-state index contributed by atoms with van der Waals surface area (Å²) in [6.45, 7) is 7.63. The first-order valence-electron chi connectivity index (χ1n) is 12.7. The average molecular weight is 551 g/mol. The fourth-order valence-corrected chi connectivity index (χ4v) is 5.39. The molecule has 0 bridgehead atoms. The first-order chi connectivity index (χ1) is 19.1. The Hall–Kier alpha value is -4.77. The molecular formula is C29H26N8O2S. The largest absolute Gasteiger partial charge is 0.335 e. The van der Waals surface area contributed by atoms with E-state index in [4.69, 9.17) is 9.97 Å². The summed E-state index contributed by atoms with van der Waals surface area (Å²) in [6.07, 6.45) is 5.44.